The Labute approximate surface area is 119 Å². The van der Waals surface area contributed by atoms with Gasteiger partial charge in [0.2, 0.25) is 0 Å². The van der Waals surface area contributed by atoms with Gasteiger partial charge < -0.3 is 4.90 Å². The molecule has 2 aliphatic rings. The summed E-state index contributed by atoms with van der Waals surface area (Å²) in [6.07, 6.45) is 6.77. The largest absolute Gasteiger partial charge is 0.340 e. The summed E-state index contributed by atoms with van der Waals surface area (Å²) in [7, 11) is 2.12. The molecule has 0 amide bonds. The number of nitrogens with zero attached hydrogens (tertiary/aromatic N) is 3. The summed E-state index contributed by atoms with van der Waals surface area (Å²) in [5.41, 5.74) is -0.218. The molecule has 2 saturated heterocycles. The van der Waals surface area contributed by atoms with E-state index in [1.165, 1.54) is 45.2 Å². The molecule has 2 aliphatic heterocycles. The Balaban J connectivity index is 1.56. The summed E-state index contributed by atoms with van der Waals surface area (Å²) >= 11 is 0. The van der Waals surface area contributed by atoms with E-state index in [-0.39, 0.29) is 5.69 Å². The summed E-state index contributed by atoms with van der Waals surface area (Å²) in [5.74, 6) is 1.49. The van der Waals surface area contributed by atoms with Gasteiger partial charge in [0.15, 0.2) is 0 Å². The molecule has 0 aromatic carbocycles. The highest BCUT2D eigenvalue weighted by molar-refractivity contribution is 4.89. The number of aromatic nitrogens is 3. The van der Waals surface area contributed by atoms with Gasteiger partial charge in [0.25, 0.3) is 0 Å². The fraction of sp³-hybridized carbons (Fsp3) is 0.857. The second-order valence-corrected chi connectivity index (χ2v) is 6.32. The van der Waals surface area contributed by atoms with Gasteiger partial charge in [-0.3, -0.25) is 9.88 Å². The van der Waals surface area contributed by atoms with Gasteiger partial charge in [0, 0.05) is 12.6 Å². The minimum absolute atomic E-state index is 0.218. The number of H-pyrrole nitrogens is 2. The molecular formula is C14H25N5O. The average molecular weight is 279 g/mol. The summed E-state index contributed by atoms with van der Waals surface area (Å²) in [6, 6.07) is 0.776. The number of nitrogens with one attached hydrogen (secondary N) is 2. The molecule has 1 aromatic rings. The number of rotatable bonds is 4. The third kappa shape index (κ3) is 3.12. The predicted octanol–water partition coefficient (Wildman–Crippen LogP) is 0.794. The molecular weight excluding hydrogens is 254 g/mol. The second-order valence-electron chi connectivity index (χ2n) is 6.32. The Morgan fingerprint density at radius 3 is 2.95 bits per heavy atom. The molecule has 0 unspecified atom stereocenters. The summed E-state index contributed by atoms with van der Waals surface area (Å²) in [6.45, 7) is 4.38. The van der Waals surface area contributed by atoms with Crippen molar-refractivity contribution in [2.75, 3.05) is 26.7 Å². The summed E-state index contributed by atoms with van der Waals surface area (Å²) in [4.78, 5) is 18.8. The highest BCUT2D eigenvalue weighted by Gasteiger charge is 2.33. The van der Waals surface area contributed by atoms with Crippen molar-refractivity contribution in [1.82, 2.24) is 25.0 Å². The first-order chi connectivity index (χ1) is 9.72. The molecule has 0 bridgehead atoms. The Bertz CT molecular complexity index is 480. The number of fused-ring (bicyclic) bond motifs is 1. The molecule has 2 fully saturated rings. The van der Waals surface area contributed by atoms with Crippen molar-refractivity contribution in [3.63, 3.8) is 0 Å². The lowest BCUT2D eigenvalue weighted by Gasteiger charge is -2.45. The van der Waals surface area contributed by atoms with Crippen LogP contribution in [0.1, 0.15) is 37.9 Å². The third-order valence-electron chi connectivity index (χ3n) is 4.74. The standard InChI is InChI=1S/C14H25N5O/c1-18(10-13-15-14(20)17-16-13)9-11-5-4-8-19-7-3-2-6-12(11)19/h11-12H,2-10H2,1H3,(H2,15,16,17,20)/t11-,12+/m0/s1. The first-order valence-corrected chi connectivity index (χ1v) is 7.78. The maximum absolute atomic E-state index is 11.1. The molecule has 0 radical (unpaired) electrons. The molecule has 6 nitrogen and oxygen atoms in total. The van der Waals surface area contributed by atoms with Crippen LogP contribution in [-0.4, -0.2) is 57.7 Å². The lowest BCUT2D eigenvalue weighted by Crippen LogP contribution is -2.50. The van der Waals surface area contributed by atoms with Crippen LogP contribution in [0.2, 0.25) is 0 Å². The van der Waals surface area contributed by atoms with Crippen molar-refractivity contribution < 1.29 is 0 Å². The fourth-order valence-corrected chi connectivity index (χ4v) is 3.89. The monoisotopic (exact) mass is 279 g/mol. The molecule has 0 saturated carbocycles. The van der Waals surface area contributed by atoms with Crippen LogP contribution in [-0.2, 0) is 6.54 Å². The molecule has 2 atom stereocenters. The van der Waals surface area contributed by atoms with E-state index in [0.717, 1.165) is 24.3 Å². The average Bonchev–Trinajstić information content (AvgIpc) is 2.84. The van der Waals surface area contributed by atoms with E-state index in [0.29, 0.717) is 6.54 Å². The Morgan fingerprint density at radius 2 is 2.15 bits per heavy atom. The SMILES string of the molecule is CN(Cc1n[nH]c(=O)[nH]1)C[C@@H]1CCCN2CCCC[C@H]12. The van der Waals surface area contributed by atoms with E-state index >= 15 is 0 Å². The zero-order chi connectivity index (χ0) is 13.9. The smallest absolute Gasteiger partial charge is 0.300 e. The van der Waals surface area contributed by atoms with E-state index in [9.17, 15) is 4.79 Å². The highest BCUT2D eigenvalue weighted by atomic mass is 16.1. The van der Waals surface area contributed by atoms with E-state index in [2.05, 4.69) is 32.0 Å². The van der Waals surface area contributed by atoms with Crippen molar-refractivity contribution >= 4 is 0 Å². The van der Waals surface area contributed by atoms with Gasteiger partial charge in [-0.05, 0) is 51.7 Å². The molecule has 2 N–H and O–H groups in total. The second kappa shape index (κ2) is 6.10. The first-order valence-electron chi connectivity index (χ1n) is 7.78. The van der Waals surface area contributed by atoms with Crippen LogP contribution < -0.4 is 5.69 Å². The van der Waals surface area contributed by atoms with Gasteiger partial charge in [-0.2, -0.15) is 5.10 Å². The van der Waals surface area contributed by atoms with Crippen LogP contribution in [0.5, 0.6) is 0 Å². The van der Waals surface area contributed by atoms with Gasteiger partial charge in [0.1, 0.15) is 5.82 Å². The van der Waals surface area contributed by atoms with E-state index in [1.807, 2.05) is 0 Å². The van der Waals surface area contributed by atoms with Crippen molar-refractivity contribution in [2.24, 2.45) is 5.92 Å². The Kier molecular flexibility index (Phi) is 4.21. The molecule has 6 heteroatoms. The highest BCUT2D eigenvalue weighted by Crippen LogP contribution is 2.31. The van der Waals surface area contributed by atoms with Gasteiger partial charge in [0.05, 0.1) is 6.54 Å². The number of hydrogen-bond acceptors (Lipinski definition) is 4. The minimum Gasteiger partial charge on any atom is -0.300 e. The minimum atomic E-state index is -0.218. The molecule has 0 aliphatic carbocycles. The van der Waals surface area contributed by atoms with Gasteiger partial charge >= 0.3 is 5.69 Å². The van der Waals surface area contributed by atoms with Crippen molar-refractivity contribution in [2.45, 2.75) is 44.7 Å². The molecule has 1 aromatic heterocycles. The molecule has 20 heavy (non-hydrogen) atoms. The topological polar surface area (TPSA) is 68.0 Å². The normalized spacial score (nSPS) is 27.7. The third-order valence-corrected chi connectivity index (χ3v) is 4.74. The van der Waals surface area contributed by atoms with Crippen LogP contribution in [0.15, 0.2) is 4.79 Å². The van der Waals surface area contributed by atoms with Crippen LogP contribution in [0.3, 0.4) is 0 Å². The molecule has 3 rings (SSSR count). The lowest BCUT2D eigenvalue weighted by molar-refractivity contribution is 0.0431. The zero-order valence-corrected chi connectivity index (χ0v) is 12.3. The number of piperidine rings is 2. The van der Waals surface area contributed by atoms with Crippen molar-refractivity contribution in [3.05, 3.63) is 16.3 Å². The van der Waals surface area contributed by atoms with Crippen LogP contribution in [0.25, 0.3) is 0 Å². The van der Waals surface area contributed by atoms with Gasteiger partial charge in [-0.15, -0.1) is 0 Å². The van der Waals surface area contributed by atoms with Crippen molar-refractivity contribution in [3.8, 4) is 0 Å². The summed E-state index contributed by atoms with van der Waals surface area (Å²) in [5, 5.41) is 6.41. The summed E-state index contributed by atoms with van der Waals surface area (Å²) < 4.78 is 0. The zero-order valence-electron chi connectivity index (χ0n) is 12.3. The van der Waals surface area contributed by atoms with E-state index in [4.69, 9.17) is 0 Å². The molecule has 3 heterocycles. The van der Waals surface area contributed by atoms with Crippen LogP contribution in [0.4, 0.5) is 0 Å². The fourth-order valence-electron chi connectivity index (χ4n) is 3.89. The molecule has 0 spiro atoms. The number of hydrogen-bond donors (Lipinski definition) is 2. The van der Waals surface area contributed by atoms with E-state index in [1.54, 1.807) is 0 Å². The first kappa shape index (κ1) is 13.8. The quantitative estimate of drug-likeness (QED) is 0.855. The maximum atomic E-state index is 11.1. The maximum Gasteiger partial charge on any atom is 0.340 e. The predicted molar refractivity (Wildman–Crippen MR) is 77.5 cm³/mol. The van der Waals surface area contributed by atoms with Gasteiger partial charge in [-0.1, -0.05) is 6.42 Å². The molecule has 112 valence electrons. The van der Waals surface area contributed by atoms with Crippen LogP contribution in [0, 0.1) is 5.92 Å². The van der Waals surface area contributed by atoms with Gasteiger partial charge in [-0.25, -0.2) is 9.89 Å². The number of aromatic amines is 2. The Hall–Kier alpha value is -1.14. The van der Waals surface area contributed by atoms with Crippen LogP contribution >= 0.6 is 0 Å². The lowest BCUT2D eigenvalue weighted by atomic mass is 9.83. The Morgan fingerprint density at radius 1 is 1.30 bits per heavy atom. The van der Waals surface area contributed by atoms with E-state index < -0.39 is 0 Å². The van der Waals surface area contributed by atoms with Crippen molar-refractivity contribution in [1.29, 1.82) is 0 Å².